The largest absolute Gasteiger partial charge is 0.508 e. The molecule has 141 heavy (non-hydrogen) atoms. The number of hydrogen-bond acceptors (Lipinski definition) is 17. The Balaban J connectivity index is 0.000000102. The zero-order chi connectivity index (χ0) is 97.3. The number of aromatic amines is 3. The van der Waals surface area contributed by atoms with E-state index in [1.807, 2.05) is 101 Å². The van der Waals surface area contributed by atoms with Crippen molar-refractivity contribution in [3.05, 3.63) is 321 Å². The van der Waals surface area contributed by atoms with E-state index in [9.17, 15) is 63.0 Å². The third-order valence-corrected chi connectivity index (χ3v) is 40.0. The lowest BCUT2D eigenvalue weighted by molar-refractivity contribution is 0.0225. The van der Waals surface area contributed by atoms with E-state index in [0.29, 0.717) is 146 Å². The van der Waals surface area contributed by atoms with Gasteiger partial charge in [-0.05, 0) is 397 Å². The minimum atomic E-state index is -2.11. The number of fused-ring (bicyclic) bond motifs is 12. The first-order chi connectivity index (χ1) is 67.8. The van der Waals surface area contributed by atoms with Gasteiger partial charge in [0.2, 0.25) is 0 Å². The van der Waals surface area contributed by atoms with Crippen LogP contribution in [-0.4, -0.2) is 228 Å². The number of H-pyrrole nitrogens is 3. The van der Waals surface area contributed by atoms with Gasteiger partial charge >= 0.3 is 0 Å². The molecule has 7 N–H and O–H groups in total. The van der Waals surface area contributed by atoms with Gasteiger partial charge in [-0.1, -0.05) is 79.7 Å². The number of piperidine rings is 5. The van der Waals surface area contributed by atoms with E-state index in [0.717, 1.165) is 215 Å². The van der Waals surface area contributed by atoms with E-state index in [4.69, 9.17) is 0 Å². The van der Waals surface area contributed by atoms with Crippen molar-refractivity contribution in [1.82, 2.24) is 58.7 Å². The minimum absolute atomic E-state index is 0.0649. The molecular weight excluding hydrogens is 1790 g/mol. The Morgan fingerprint density at radius 2 is 0.695 bits per heavy atom. The summed E-state index contributed by atoms with van der Waals surface area (Å²) in [5, 5.41) is 41.4. The molecule has 8 aliphatic carbocycles. The summed E-state index contributed by atoms with van der Waals surface area (Å²) in [5.74, 6) is 7.24. The van der Waals surface area contributed by atoms with Crippen molar-refractivity contribution >= 4 is 39.0 Å². The number of aromatic hydroxyl groups is 4. The molecule has 7 saturated heterocycles. The summed E-state index contributed by atoms with van der Waals surface area (Å²) in [6, 6.07) is 49.3. The molecule has 9 aliphatic heterocycles. The average Bonchev–Trinajstić information content (AvgIpc) is 1.37. The van der Waals surface area contributed by atoms with Crippen LogP contribution in [0.5, 0.6) is 23.0 Å². The predicted octanol–water partition coefficient (Wildman–Crippen LogP) is 11.4. The number of hydrogen-bond donors (Lipinski definition) is 7. The zero-order valence-electron chi connectivity index (χ0n) is 81.6. The van der Waals surface area contributed by atoms with Crippen LogP contribution in [0.1, 0.15) is 218 Å². The maximum Gasteiger partial charge on any atom is 0.263 e. The SMILES string of the molecule is C=S1(=O)CCN(C(=O)c2cc3c([nH]c2=O)C[C@]24CCN(C)[C@H](Cc5ccc(O)cc52)[C@@H]4C3)CC1.CC1C[C@H]2CC[C@@H](C1)N2C(=O)c1cc2c([nH]c1=O)C[C@]13CCN(C)[C@H](Cc4ccc(O)cc41)[C@@H]3C2.CCn1c2c(cc(C(=O)N3Cc4ccccc4C3)c1=O)C[C@H]1[C@H]3Cc4ccc(O)cc4[C@@]1(CCN3C)C2.CN1CC[C@]23Cc4[nH]c(=O)c(C(=O)N5Cc6ccccc6C5)cc4C[C@H]2[C@H]1Cc1ccc(O)cc13. The number of likely N-dealkylation sites (N-methyl/N-ethyl adjacent to an activating group) is 4. The van der Waals surface area contributed by atoms with Gasteiger partial charge in [0.25, 0.3) is 45.9 Å². The van der Waals surface area contributed by atoms with Crippen molar-refractivity contribution in [3.63, 3.8) is 0 Å². The Morgan fingerprint density at radius 3 is 1.04 bits per heavy atom. The third-order valence-electron chi connectivity index (χ3n) is 38.1. The number of phenolic OH excluding ortho intramolecular Hbond substituents is 4. The van der Waals surface area contributed by atoms with Crippen LogP contribution in [0.25, 0.3) is 0 Å². The Bertz CT molecular complexity index is 7230. The minimum Gasteiger partial charge on any atom is -0.508 e. The molecule has 1 unspecified atom stereocenters. The third kappa shape index (κ3) is 14.9. The summed E-state index contributed by atoms with van der Waals surface area (Å²) in [6.45, 7) is 11.8. The van der Waals surface area contributed by atoms with Gasteiger partial charge in [0.15, 0.2) is 0 Å². The molecule has 4 amide bonds. The topological polar surface area (TPSA) is 313 Å². The van der Waals surface area contributed by atoms with E-state index >= 15 is 0 Å². The number of carbonyl (C=O) groups excluding carboxylic acids is 4. The first kappa shape index (κ1) is 91.5. The molecule has 17 aliphatic rings. The van der Waals surface area contributed by atoms with Gasteiger partial charge in [-0.15, -0.1) is 0 Å². The second kappa shape index (κ2) is 34.1. The van der Waals surface area contributed by atoms with Crippen LogP contribution in [0.3, 0.4) is 0 Å². The lowest BCUT2D eigenvalue weighted by atomic mass is 9.52. The summed E-state index contributed by atoms with van der Waals surface area (Å²) in [4.78, 5) is 134. The molecule has 7 fully saturated rings. The molecule has 26 heteroatoms. The van der Waals surface area contributed by atoms with Crippen molar-refractivity contribution in [1.29, 1.82) is 0 Å². The Morgan fingerprint density at radius 1 is 0.383 bits per heavy atom. The number of amides is 4. The molecule has 6 aromatic carbocycles. The van der Waals surface area contributed by atoms with Crippen molar-refractivity contribution in [2.75, 3.05) is 79.0 Å². The van der Waals surface area contributed by atoms with Crippen molar-refractivity contribution < 1.29 is 43.8 Å². The summed E-state index contributed by atoms with van der Waals surface area (Å²) < 4.78 is 14.1. The van der Waals surface area contributed by atoms with Gasteiger partial charge in [0.1, 0.15) is 45.3 Å². The highest BCUT2D eigenvalue weighted by molar-refractivity contribution is 8.00. The van der Waals surface area contributed by atoms with E-state index in [2.05, 4.69) is 112 Å². The van der Waals surface area contributed by atoms with Gasteiger partial charge in [-0.25, -0.2) is 0 Å². The molecule has 732 valence electrons. The van der Waals surface area contributed by atoms with Gasteiger partial charge in [-0.2, -0.15) is 0 Å². The van der Waals surface area contributed by atoms with Gasteiger partial charge in [-0.3, -0.25) is 42.6 Å². The number of aromatic nitrogens is 4. The molecule has 10 aromatic rings. The standard InChI is InChI=1S/C31H33N3O3.C29H35N3O3.C29H29N3O3.C26H31N3O4S/c1-3-34-28-16-31-10-11-32(2)27(14-19-8-9-23(35)15-25(19)31)26(31)13-22(28)12-24(30(34)37)29(36)33-17-20-6-4-5-7-21(20)18-33;1-16-9-19-4-5-20(10-16)32(19)28(35)22-11-18-12-24-26-13-17-3-6-21(33)14-23(17)29(24,7-8-31(26)2)15-25(18)30-27(22)34;1-31-9-8-29-14-25-20(11-24(29)26(31)12-17-6-7-21(33)13-23(17)29)10-22(27(34)30-25)28(35)32-15-18-4-2-3-5-19(18)16-32;1-28-6-5-26-15-22-17(12-21(26)23(28)13-16-3-4-18(30)14-20(16)26)11-19(24(31)27-22)25(32)29-7-9-34(2,33)10-8-29/h4-9,12,15,26-27,35H,3,10-11,13-14,16-18H2,1-2H3;3,6,11,14,16,19-20,24,26,33H,4-5,7-10,12-13,15H2,1-2H3,(H,30,34);2-7,10,13,24,26,33H,8-9,11-12,14-16H2,1H3,(H,30,34);3-4,11,14,21,23,30H,2,5-10,12-13,15H2,1H3,(H,27,31)/t26-,27+,31+;16?,19-,20+,24-,26+,29+;24-,26+,29+;21-,23+,26+/m0000/s1. The molecule has 4 aromatic heterocycles. The summed E-state index contributed by atoms with van der Waals surface area (Å²) in [5.41, 5.74) is 22.8. The number of benzene rings is 6. The molecule has 0 radical (unpaired) electrons. The van der Waals surface area contributed by atoms with E-state index in [1.165, 1.54) is 44.5 Å². The van der Waals surface area contributed by atoms with Crippen LogP contribution in [0.2, 0.25) is 0 Å². The van der Waals surface area contributed by atoms with Crippen LogP contribution in [-0.2, 0) is 141 Å². The van der Waals surface area contributed by atoms with Gasteiger partial charge in [0.05, 0.1) is 0 Å². The van der Waals surface area contributed by atoms with Crippen molar-refractivity contribution in [2.45, 2.75) is 233 Å². The normalized spacial score (nSPS) is 29.2. The molecule has 0 spiro atoms. The number of pyridine rings is 4. The maximum atomic E-state index is 13.8. The quantitative estimate of drug-likeness (QED) is 0.0788. The molecule has 15 atom stereocenters. The zero-order valence-corrected chi connectivity index (χ0v) is 82.5. The highest BCUT2D eigenvalue weighted by Crippen LogP contribution is 2.60. The predicted molar refractivity (Wildman–Crippen MR) is 542 cm³/mol. The fraction of sp³-hybridized carbons (Fsp3) is 0.470. The Hall–Kier alpha value is -11.9. The van der Waals surface area contributed by atoms with E-state index < -0.39 is 9.52 Å². The van der Waals surface area contributed by atoms with E-state index in [1.54, 1.807) is 39.0 Å². The molecule has 27 rings (SSSR count). The number of nitrogens with zero attached hydrogens (tertiary/aromatic N) is 9. The summed E-state index contributed by atoms with van der Waals surface area (Å²) in [7, 11) is 6.74. The average molecular weight is 1920 g/mol. The van der Waals surface area contributed by atoms with Crippen LogP contribution in [0, 0.1) is 29.6 Å². The van der Waals surface area contributed by atoms with Crippen LogP contribution in [0.4, 0.5) is 0 Å². The maximum absolute atomic E-state index is 13.8. The first-order valence-electron chi connectivity index (χ1n) is 51.6. The molecule has 0 saturated carbocycles. The molecular formula is C115H128N12O13S. The number of phenols is 4. The second-order valence-corrected chi connectivity index (χ2v) is 48.0. The fourth-order valence-electron chi connectivity index (χ4n) is 31.0. The lowest BCUT2D eigenvalue weighted by Gasteiger charge is -2.58. The summed E-state index contributed by atoms with van der Waals surface area (Å²) >= 11 is 0. The van der Waals surface area contributed by atoms with Crippen molar-refractivity contribution in [2.24, 2.45) is 29.6 Å². The second-order valence-electron chi connectivity index (χ2n) is 45.3. The summed E-state index contributed by atoms with van der Waals surface area (Å²) in [6.07, 6.45) is 18.4. The smallest absolute Gasteiger partial charge is 0.263 e. The van der Waals surface area contributed by atoms with Crippen molar-refractivity contribution in [3.8, 4) is 23.0 Å². The highest BCUT2D eigenvalue weighted by Gasteiger charge is 2.61. The van der Waals surface area contributed by atoms with Crippen LogP contribution >= 0.6 is 0 Å². The first-order valence-corrected chi connectivity index (χ1v) is 53.7. The van der Waals surface area contributed by atoms with Crippen LogP contribution in [0.15, 0.2) is 165 Å². The molecule has 10 bridgehead atoms. The molecule has 13 heterocycles. The molecule has 25 nitrogen and oxygen atoms in total. The van der Waals surface area contributed by atoms with Gasteiger partial charge in [0, 0.05) is 138 Å². The Labute approximate surface area is 822 Å². The monoisotopic (exact) mass is 1920 g/mol. The fourth-order valence-corrected chi connectivity index (χ4v) is 32.3. The highest BCUT2D eigenvalue weighted by atomic mass is 32.2. The van der Waals surface area contributed by atoms with E-state index in [-0.39, 0.29) is 96.5 Å². The number of likely N-dealkylation sites (tertiary alicyclic amines) is 4. The van der Waals surface area contributed by atoms with Crippen LogP contribution < -0.4 is 22.2 Å². The number of carbonyl (C=O) groups is 4. The number of rotatable bonds is 5. The Kier molecular flexibility index (Phi) is 22.2. The number of nitrogens with one attached hydrogen (secondary N) is 3. The van der Waals surface area contributed by atoms with Gasteiger partial charge < -0.3 is 79.1 Å². The lowest BCUT2D eigenvalue weighted by Crippen LogP contribution is -2.62.